The van der Waals surface area contributed by atoms with E-state index in [1.54, 1.807) is 0 Å². The van der Waals surface area contributed by atoms with Crippen LogP contribution in [0.25, 0.3) is 0 Å². The van der Waals surface area contributed by atoms with Crippen LogP contribution in [0.4, 0.5) is 0 Å². The maximum Gasteiger partial charge on any atom is 0.333 e. The molecule has 2 aliphatic rings. The van der Waals surface area contributed by atoms with E-state index in [4.69, 9.17) is 4.74 Å². The third-order valence-corrected chi connectivity index (χ3v) is 4.70. The molecule has 0 aromatic heterocycles. The van der Waals surface area contributed by atoms with Gasteiger partial charge in [-0.3, -0.25) is 4.79 Å². The van der Waals surface area contributed by atoms with Crippen molar-refractivity contribution in [2.75, 3.05) is 13.7 Å². The molecule has 0 bridgehead atoms. The van der Waals surface area contributed by atoms with E-state index in [1.165, 1.54) is 7.11 Å². The highest BCUT2D eigenvalue weighted by atomic mass is 16.5. The van der Waals surface area contributed by atoms with E-state index in [0.29, 0.717) is 18.7 Å². The molecule has 1 saturated heterocycles. The third kappa shape index (κ3) is 2.78. The first-order chi connectivity index (χ1) is 10.7. The van der Waals surface area contributed by atoms with Gasteiger partial charge in [-0.05, 0) is 24.8 Å². The summed E-state index contributed by atoms with van der Waals surface area (Å²) in [7, 11) is 1.40. The summed E-state index contributed by atoms with van der Waals surface area (Å²) in [5.74, 6) is -0.147. The number of carbonyl (C=O) groups is 2. The molecule has 4 heteroatoms. The van der Waals surface area contributed by atoms with Crippen molar-refractivity contribution in [3.8, 4) is 0 Å². The molecule has 116 valence electrons. The number of piperidine rings is 1. The lowest BCUT2D eigenvalue weighted by Crippen LogP contribution is -2.47. The van der Waals surface area contributed by atoms with Gasteiger partial charge in [0.2, 0.25) is 5.91 Å². The Labute approximate surface area is 130 Å². The monoisotopic (exact) mass is 299 g/mol. The van der Waals surface area contributed by atoms with Gasteiger partial charge in [-0.25, -0.2) is 4.79 Å². The molecule has 22 heavy (non-hydrogen) atoms. The quantitative estimate of drug-likeness (QED) is 0.806. The number of ether oxygens (including phenoxy) is 1. The van der Waals surface area contributed by atoms with Crippen molar-refractivity contribution in [1.82, 2.24) is 4.90 Å². The van der Waals surface area contributed by atoms with E-state index in [-0.39, 0.29) is 23.7 Å². The van der Waals surface area contributed by atoms with E-state index in [9.17, 15) is 9.59 Å². The van der Waals surface area contributed by atoms with Gasteiger partial charge in [0.25, 0.3) is 0 Å². The Morgan fingerprint density at radius 2 is 2.00 bits per heavy atom. The number of allylic oxidation sites excluding steroid dienone is 1. The van der Waals surface area contributed by atoms with Gasteiger partial charge in [0.15, 0.2) is 0 Å². The Bertz CT molecular complexity index is 594. The largest absolute Gasteiger partial charge is 0.466 e. The first-order valence-corrected chi connectivity index (χ1v) is 7.82. The predicted octanol–water partition coefficient (Wildman–Crippen LogP) is 2.54. The van der Waals surface area contributed by atoms with Gasteiger partial charge in [0.1, 0.15) is 0 Å². The highest BCUT2D eigenvalue weighted by Crippen LogP contribution is 2.38. The van der Waals surface area contributed by atoms with Crippen molar-refractivity contribution in [2.45, 2.75) is 25.8 Å². The first-order valence-electron chi connectivity index (χ1n) is 7.82. The van der Waals surface area contributed by atoms with Gasteiger partial charge in [0.05, 0.1) is 7.11 Å². The predicted molar refractivity (Wildman–Crippen MR) is 82.8 cm³/mol. The number of hydrogen-bond donors (Lipinski definition) is 0. The molecule has 0 radical (unpaired) electrons. The van der Waals surface area contributed by atoms with Gasteiger partial charge < -0.3 is 9.64 Å². The summed E-state index contributed by atoms with van der Waals surface area (Å²) in [6.45, 7) is 1.35. The summed E-state index contributed by atoms with van der Waals surface area (Å²) in [6.07, 6.45) is 4.39. The van der Waals surface area contributed by atoms with Crippen LogP contribution in [0.2, 0.25) is 0 Å². The summed E-state index contributed by atoms with van der Waals surface area (Å²) < 4.78 is 4.86. The smallest absolute Gasteiger partial charge is 0.333 e. The Balaban J connectivity index is 1.74. The zero-order chi connectivity index (χ0) is 15.5. The standard InChI is InChI=1S/C18H21NO3/c1-22-18(21)16-9-5-8-15-14(16)10-11-19(17(15)20)12-13-6-3-2-4-7-13/h2-4,6-7,9,14-15H,5,8,10-12H2,1H3/t14-,15+/m0/s1. The molecule has 0 spiro atoms. The Morgan fingerprint density at radius 1 is 1.23 bits per heavy atom. The van der Waals surface area contributed by atoms with Gasteiger partial charge in [0, 0.05) is 30.5 Å². The number of likely N-dealkylation sites (tertiary alicyclic amines) is 1. The number of nitrogens with zero attached hydrogens (tertiary/aromatic N) is 1. The highest BCUT2D eigenvalue weighted by Gasteiger charge is 2.41. The van der Waals surface area contributed by atoms with Gasteiger partial charge in [-0.1, -0.05) is 36.4 Å². The molecule has 0 unspecified atom stereocenters. The minimum absolute atomic E-state index is 0.0284. The summed E-state index contributed by atoms with van der Waals surface area (Å²) in [6, 6.07) is 10.0. The molecule has 1 aliphatic carbocycles. The van der Waals surface area contributed by atoms with E-state index >= 15 is 0 Å². The van der Waals surface area contributed by atoms with Gasteiger partial charge in [-0.15, -0.1) is 0 Å². The normalized spacial score (nSPS) is 24.5. The lowest BCUT2D eigenvalue weighted by molar-refractivity contribution is -0.143. The number of fused-ring (bicyclic) bond motifs is 1. The van der Waals surface area contributed by atoms with Crippen molar-refractivity contribution < 1.29 is 14.3 Å². The van der Waals surface area contributed by atoms with Crippen LogP contribution in [0.1, 0.15) is 24.8 Å². The number of rotatable bonds is 3. The highest BCUT2D eigenvalue weighted by molar-refractivity contribution is 5.91. The molecule has 0 N–H and O–H groups in total. The maximum absolute atomic E-state index is 12.8. The SMILES string of the molecule is COC(=O)C1=CCC[C@H]2C(=O)N(Cc3ccccc3)CC[C@H]12. The second-order valence-corrected chi connectivity index (χ2v) is 5.98. The number of hydrogen-bond acceptors (Lipinski definition) is 3. The van der Waals surface area contributed by atoms with Gasteiger partial charge in [-0.2, -0.15) is 0 Å². The number of benzene rings is 1. The lowest BCUT2D eigenvalue weighted by atomic mass is 9.73. The Hall–Kier alpha value is -2.10. The van der Waals surface area contributed by atoms with Gasteiger partial charge >= 0.3 is 5.97 Å². The average molecular weight is 299 g/mol. The fourth-order valence-electron chi connectivity index (χ4n) is 3.59. The van der Waals surface area contributed by atoms with Crippen LogP contribution in [0.3, 0.4) is 0 Å². The molecule has 1 fully saturated rings. The lowest BCUT2D eigenvalue weighted by Gasteiger charge is -2.40. The molecule has 1 aromatic rings. The molecule has 0 saturated carbocycles. The van der Waals surface area contributed by atoms with Crippen LogP contribution in [0, 0.1) is 11.8 Å². The molecule has 3 rings (SSSR count). The van der Waals surface area contributed by atoms with Crippen LogP contribution in [0.5, 0.6) is 0 Å². The number of esters is 1. The van der Waals surface area contributed by atoms with Crippen LogP contribution in [-0.4, -0.2) is 30.4 Å². The molecule has 2 atom stereocenters. The minimum atomic E-state index is -0.279. The minimum Gasteiger partial charge on any atom is -0.466 e. The Kier molecular flexibility index (Phi) is 4.27. The first kappa shape index (κ1) is 14.8. The maximum atomic E-state index is 12.8. The zero-order valence-electron chi connectivity index (χ0n) is 12.8. The van der Waals surface area contributed by atoms with Crippen molar-refractivity contribution >= 4 is 11.9 Å². The third-order valence-electron chi connectivity index (χ3n) is 4.70. The van der Waals surface area contributed by atoms with Crippen LogP contribution < -0.4 is 0 Å². The summed E-state index contributed by atoms with van der Waals surface area (Å²) in [5.41, 5.74) is 1.85. The van der Waals surface area contributed by atoms with Crippen molar-refractivity contribution in [3.63, 3.8) is 0 Å². The number of methoxy groups -OCH3 is 1. The summed E-state index contributed by atoms with van der Waals surface area (Å²) in [5, 5.41) is 0. The Morgan fingerprint density at radius 3 is 2.73 bits per heavy atom. The topological polar surface area (TPSA) is 46.6 Å². The molecule has 1 heterocycles. The molecule has 1 amide bonds. The van der Waals surface area contributed by atoms with E-state index in [2.05, 4.69) is 0 Å². The molecular formula is C18H21NO3. The second-order valence-electron chi connectivity index (χ2n) is 5.98. The molecule has 4 nitrogen and oxygen atoms in total. The van der Waals surface area contributed by atoms with Crippen LogP contribution in [-0.2, 0) is 20.9 Å². The fraction of sp³-hybridized carbons (Fsp3) is 0.444. The van der Waals surface area contributed by atoms with Crippen molar-refractivity contribution in [1.29, 1.82) is 0 Å². The van der Waals surface area contributed by atoms with Crippen molar-refractivity contribution in [2.24, 2.45) is 11.8 Å². The van der Waals surface area contributed by atoms with E-state index in [1.807, 2.05) is 41.3 Å². The van der Waals surface area contributed by atoms with Crippen molar-refractivity contribution in [3.05, 3.63) is 47.5 Å². The van der Waals surface area contributed by atoms with Crippen LogP contribution >= 0.6 is 0 Å². The molecule has 1 aromatic carbocycles. The van der Waals surface area contributed by atoms with E-state index in [0.717, 1.165) is 24.8 Å². The molecule has 1 aliphatic heterocycles. The summed E-state index contributed by atoms with van der Waals surface area (Å²) >= 11 is 0. The number of carbonyl (C=O) groups excluding carboxylic acids is 2. The average Bonchev–Trinajstić information content (AvgIpc) is 2.57. The number of amides is 1. The zero-order valence-corrected chi connectivity index (χ0v) is 12.8. The molecular weight excluding hydrogens is 278 g/mol. The summed E-state index contributed by atoms with van der Waals surface area (Å²) in [4.78, 5) is 26.6. The fourth-order valence-corrected chi connectivity index (χ4v) is 3.59. The second kappa shape index (κ2) is 6.34. The van der Waals surface area contributed by atoms with E-state index < -0.39 is 0 Å². The van der Waals surface area contributed by atoms with Crippen LogP contribution in [0.15, 0.2) is 42.0 Å².